The Hall–Kier alpha value is -1.17. The van der Waals surface area contributed by atoms with E-state index < -0.39 is 12.6 Å². The summed E-state index contributed by atoms with van der Waals surface area (Å²) in [6.07, 6.45) is 1.49. The molecule has 100 valence electrons. The quantitative estimate of drug-likeness (QED) is 0.594. The largest absolute Gasteiger partial charge is 0.465 e. The van der Waals surface area contributed by atoms with Crippen molar-refractivity contribution in [2.24, 2.45) is 0 Å². The number of rotatable bonds is 6. The van der Waals surface area contributed by atoms with Crippen LogP contribution in [-0.4, -0.2) is 25.0 Å². The molecule has 0 aliphatic carbocycles. The zero-order valence-electron chi connectivity index (χ0n) is 9.79. The van der Waals surface area contributed by atoms with E-state index in [9.17, 15) is 13.6 Å². The maximum Gasteiger partial charge on any atom is 0.387 e. The molecule has 0 amide bonds. The molecule has 0 fully saturated rings. The van der Waals surface area contributed by atoms with Crippen molar-refractivity contribution in [1.82, 2.24) is 0 Å². The van der Waals surface area contributed by atoms with Crippen LogP contribution in [0.25, 0.3) is 0 Å². The van der Waals surface area contributed by atoms with E-state index in [4.69, 9.17) is 0 Å². The van der Waals surface area contributed by atoms with E-state index in [1.54, 1.807) is 6.07 Å². The minimum absolute atomic E-state index is 0.0482. The third kappa shape index (κ3) is 4.25. The topological polar surface area (TPSA) is 35.5 Å². The standard InChI is InChI=1S/C12H13BrF2O3/c1-17-11(16)10-7-9(18-12(14)15)5-4-8(10)3-2-6-13/h4-5,7,12H,2-3,6H2,1H3. The van der Waals surface area contributed by atoms with Gasteiger partial charge in [0, 0.05) is 5.33 Å². The average molecular weight is 323 g/mol. The number of carbonyl (C=O) groups is 1. The van der Waals surface area contributed by atoms with E-state index in [2.05, 4.69) is 25.4 Å². The molecule has 0 atom stereocenters. The first kappa shape index (κ1) is 14.9. The Labute approximate surface area is 112 Å². The molecule has 0 bridgehead atoms. The van der Waals surface area contributed by atoms with Crippen molar-refractivity contribution in [1.29, 1.82) is 0 Å². The van der Waals surface area contributed by atoms with Crippen molar-refractivity contribution in [2.75, 3.05) is 12.4 Å². The van der Waals surface area contributed by atoms with E-state index >= 15 is 0 Å². The van der Waals surface area contributed by atoms with Crippen LogP contribution in [0.5, 0.6) is 5.75 Å². The second-order valence-electron chi connectivity index (χ2n) is 3.48. The predicted octanol–water partition coefficient (Wildman–Crippen LogP) is 3.40. The molecule has 1 aromatic carbocycles. The van der Waals surface area contributed by atoms with Crippen LogP contribution in [0.3, 0.4) is 0 Å². The summed E-state index contributed by atoms with van der Waals surface area (Å²) in [5.41, 5.74) is 1.01. The van der Waals surface area contributed by atoms with Crippen LogP contribution in [0, 0.1) is 0 Å². The maximum atomic E-state index is 12.1. The van der Waals surface area contributed by atoms with Gasteiger partial charge in [-0.3, -0.25) is 0 Å². The van der Waals surface area contributed by atoms with Crippen LogP contribution in [0.1, 0.15) is 22.3 Å². The summed E-state index contributed by atoms with van der Waals surface area (Å²) in [5.74, 6) is -0.604. The lowest BCUT2D eigenvalue weighted by atomic mass is 10.0. The number of alkyl halides is 3. The van der Waals surface area contributed by atoms with Gasteiger partial charge < -0.3 is 9.47 Å². The van der Waals surface area contributed by atoms with E-state index in [0.29, 0.717) is 6.42 Å². The van der Waals surface area contributed by atoms with E-state index in [-0.39, 0.29) is 11.3 Å². The summed E-state index contributed by atoms with van der Waals surface area (Å²) >= 11 is 3.29. The number of esters is 1. The minimum atomic E-state index is -2.91. The van der Waals surface area contributed by atoms with Crippen LogP contribution in [-0.2, 0) is 11.2 Å². The van der Waals surface area contributed by atoms with Crippen molar-refractivity contribution in [3.8, 4) is 5.75 Å². The highest BCUT2D eigenvalue weighted by molar-refractivity contribution is 9.09. The number of hydrogen-bond acceptors (Lipinski definition) is 3. The van der Waals surface area contributed by atoms with Crippen molar-refractivity contribution >= 4 is 21.9 Å². The van der Waals surface area contributed by atoms with E-state index in [1.165, 1.54) is 19.2 Å². The summed E-state index contributed by atoms with van der Waals surface area (Å²) in [6.45, 7) is -2.91. The highest BCUT2D eigenvalue weighted by atomic mass is 79.9. The first-order valence-electron chi connectivity index (χ1n) is 5.30. The molecule has 0 spiro atoms. The lowest BCUT2D eigenvalue weighted by Crippen LogP contribution is -2.08. The molecule has 0 saturated heterocycles. The summed E-state index contributed by atoms with van der Waals surface area (Å²) in [4.78, 5) is 11.6. The molecule has 0 unspecified atom stereocenters. The Balaban J connectivity index is 3.00. The Bertz CT molecular complexity index is 410. The Morgan fingerprint density at radius 2 is 2.17 bits per heavy atom. The molecule has 0 radical (unpaired) electrons. The minimum Gasteiger partial charge on any atom is -0.465 e. The monoisotopic (exact) mass is 322 g/mol. The molecule has 1 aromatic rings. The zero-order chi connectivity index (χ0) is 13.5. The maximum absolute atomic E-state index is 12.1. The van der Waals surface area contributed by atoms with Gasteiger partial charge in [-0.2, -0.15) is 8.78 Å². The molecule has 0 heterocycles. The Kier molecular flexibility index (Phi) is 6.04. The zero-order valence-corrected chi connectivity index (χ0v) is 11.4. The van der Waals surface area contributed by atoms with Gasteiger partial charge in [0.15, 0.2) is 0 Å². The third-order valence-electron chi connectivity index (χ3n) is 2.29. The third-order valence-corrected chi connectivity index (χ3v) is 2.85. The van der Waals surface area contributed by atoms with Crippen molar-refractivity contribution in [2.45, 2.75) is 19.5 Å². The van der Waals surface area contributed by atoms with E-state index in [0.717, 1.165) is 17.3 Å². The number of halogens is 3. The van der Waals surface area contributed by atoms with Gasteiger partial charge in [0.1, 0.15) is 5.75 Å². The smallest absolute Gasteiger partial charge is 0.387 e. The lowest BCUT2D eigenvalue weighted by Gasteiger charge is -2.10. The van der Waals surface area contributed by atoms with Crippen LogP contribution in [0.2, 0.25) is 0 Å². The molecular weight excluding hydrogens is 310 g/mol. The number of benzene rings is 1. The average Bonchev–Trinajstić information content (AvgIpc) is 2.35. The molecule has 1 rings (SSSR count). The molecule has 3 nitrogen and oxygen atoms in total. The molecule has 0 N–H and O–H groups in total. The molecule has 0 aromatic heterocycles. The molecule has 6 heteroatoms. The van der Waals surface area contributed by atoms with Gasteiger partial charge >= 0.3 is 12.6 Å². The Morgan fingerprint density at radius 1 is 1.44 bits per heavy atom. The molecular formula is C12H13BrF2O3. The van der Waals surface area contributed by atoms with Gasteiger partial charge in [0.05, 0.1) is 12.7 Å². The van der Waals surface area contributed by atoms with Crippen LogP contribution in [0.4, 0.5) is 8.78 Å². The van der Waals surface area contributed by atoms with Crippen LogP contribution in [0.15, 0.2) is 18.2 Å². The highest BCUT2D eigenvalue weighted by Crippen LogP contribution is 2.22. The number of hydrogen-bond donors (Lipinski definition) is 0. The fraction of sp³-hybridized carbons (Fsp3) is 0.417. The molecule has 18 heavy (non-hydrogen) atoms. The lowest BCUT2D eigenvalue weighted by molar-refractivity contribution is -0.0499. The van der Waals surface area contributed by atoms with Gasteiger partial charge in [-0.05, 0) is 30.5 Å². The Morgan fingerprint density at radius 3 is 2.72 bits per heavy atom. The van der Waals surface area contributed by atoms with E-state index in [1.807, 2.05) is 0 Å². The van der Waals surface area contributed by atoms with Gasteiger partial charge in [0.25, 0.3) is 0 Å². The fourth-order valence-corrected chi connectivity index (χ4v) is 1.79. The normalized spacial score (nSPS) is 10.5. The van der Waals surface area contributed by atoms with Crippen molar-refractivity contribution < 1.29 is 23.0 Å². The summed E-state index contributed by atoms with van der Waals surface area (Å²) in [7, 11) is 1.25. The van der Waals surface area contributed by atoms with Gasteiger partial charge in [-0.15, -0.1) is 0 Å². The molecule has 0 saturated carbocycles. The SMILES string of the molecule is COC(=O)c1cc(OC(F)F)ccc1CCCBr. The molecule has 0 aliphatic rings. The van der Waals surface area contributed by atoms with Crippen molar-refractivity contribution in [3.63, 3.8) is 0 Å². The fourth-order valence-electron chi connectivity index (χ4n) is 1.51. The second kappa shape index (κ2) is 7.31. The summed E-state index contributed by atoms with van der Waals surface area (Å²) in [6, 6.07) is 4.30. The predicted molar refractivity (Wildman–Crippen MR) is 66.5 cm³/mol. The first-order chi connectivity index (χ1) is 8.58. The van der Waals surface area contributed by atoms with Crippen LogP contribution < -0.4 is 4.74 Å². The number of carbonyl (C=O) groups excluding carboxylic acids is 1. The number of ether oxygens (including phenoxy) is 2. The number of methoxy groups -OCH3 is 1. The van der Waals surface area contributed by atoms with Gasteiger partial charge in [-0.1, -0.05) is 22.0 Å². The first-order valence-corrected chi connectivity index (χ1v) is 6.42. The van der Waals surface area contributed by atoms with Gasteiger partial charge in [-0.25, -0.2) is 4.79 Å². The molecule has 0 aliphatic heterocycles. The van der Waals surface area contributed by atoms with Crippen LogP contribution >= 0.6 is 15.9 Å². The second-order valence-corrected chi connectivity index (χ2v) is 4.27. The van der Waals surface area contributed by atoms with Gasteiger partial charge in [0.2, 0.25) is 0 Å². The summed E-state index contributed by atoms with van der Waals surface area (Å²) < 4.78 is 33.1. The highest BCUT2D eigenvalue weighted by Gasteiger charge is 2.14. The van der Waals surface area contributed by atoms with Crippen molar-refractivity contribution in [3.05, 3.63) is 29.3 Å². The number of aryl methyl sites for hydroxylation is 1. The summed E-state index contributed by atoms with van der Waals surface area (Å²) in [5, 5.41) is 0.795.